The van der Waals surface area contributed by atoms with Crippen LogP contribution in [0.2, 0.25) is 0 Å². The summed E-state index contributed by atoms with van der Waals surface area (Å²) in [6.07, 6.45) is 7.09. The van der Waals surface area contributed by atoms with Gasteiger partial charge in [-0.1, -0.05) is 41.0 Å². The molecule has 0 amide bonds. The van der Waals surface area contributed by atoms with Crippen molar-refractivity contribution in [1.82, 2.24) is 4.90 Å². The van der Waals surface area contributed by atoms with E-state index in [1.54, 1.807) is 5.56 Å². The molecule has 0 radical (unpaired) electrons. The second kappa shape index (κ2) is 11.6. The molecule has 2 atom stereocenters. The maximum atomic E-state index is 6.04. The maximum Gasteiger partial charge on any atom is 0.0726 e. The van der Waals surface area contributed by atoms with E-state index < -0.39 is 0 Å². The first-order valence-electron chi connectivity index (χ1n) is 14.1. The average molecular weight is 506 g/mol. The van der Waals surface area contributed by atoms with Crippen LogP contribution in [0.1, 0.15) is 92.1 Å². The zero-order valence-corrected chi connectivity index (χ0v) is 24.4. The van der Waals surface area contributed by atoms with Crippen molar-refractivity contribution in [1.29, 1.82) is 0 Å². The van der Waals surface area contributed by atoms with Crippen molar-refractivity contribution in [3.05, 3.63) is 23.8 Å². The molecule has 0 N–H and O–H groups in total. The minimum absolute atomic E-state index is 0. The van der Waals surface area contributed by atoms with E-state index in [1.165, 1.54) is 63.1 Å². The minimum atomic E-state index is 0. The lowest BCUT2D eigenvalue weighted by Crippen LogP contribution is -2.47. The monoisotopic (exact) mass is 505 g/mol. The third-order valence-electron chi connectivity index (χ3n) is 8.33. The fourth-order valence-corrected chi connectivity index (χ4v) is 7.40. The fraction of sp³-hybridized carbons (Fsp3) is 0.800. The second-order valence-electron chi connectivity index (χ2n) is 13.2. The van der Waals surface area contributed by atoms with Gasteiger partial charge in [0.05, 0.1) is 12.2 Å². The van der Waals surface area contributed by atoms with Crippen molar-refractivity contribution in [2.24, 2.45) is 10.8 Å². The van der Waals surface area contributed by atoms with E-state index in [9.17, 15) is 0 Å². The lowest BCUT2D eigenvalue weighted by atomic mass is 9.60. The zero-order chi connectivity index (χ0) is 24.5. The van der Waals surface area contributed by atoms with Gasteiger partial charge in [-0.2, -0.15) is 0 Å². The van der Waals surface area contributed by atoms with Gasteiger partial charge < -0.3 is 14.5 Å². The predicted molar refractivity (Wildman–Crippen MR) is 154 cm³/mol. The minimum Gasteiger partial charge on any atom is -0.372 e. The summed E-state index contributed by atoms with van der Waals surface area (Å²) < 4.78 is 6.04. The molecule has 3 fully saturated rings. The third-order valence-corrected chi connectivity index (χ3v) is 8.33. The summed E-state index contributed by atoms with van der Waals surface area (Å²) in [6.45, 7) is 24.6. The molecule has 0 unspecified atom stereocenters. The number of unbranched alkanes of at least 4 members (excludes halogenated alkanes) is 1. The Morgan fingerprint density at radius 2 is 1.49 bits per heavy atom. The van der Waals surface area contributed by atoms with Crippen LogP contribution in [0.5, 0.6) is 0 Å². The number of anilines is 2. The van der Waals surface area contributed by atoms with E-state index >= 15 is 0 Å². The molecule has 35 heavy (non-hydrogen) atoms. The van der Waals surface area contributed by atoms with Crippen molar-refractivity contribution in [3.8, 4) is 0 Å². The average Bonchev–Trinajstić information content (AvgIpc) is 2.75. The first-order valence-corrected chi connectivity index (χ1v) is 14.1. The van der Waals surface area contributed by atoms with Crippen molar-refractivity contribution in [2.45, 2.75) is 98.7 Å². The molecule has 200 valence electrons. The SMILES string of the molecule is CCCCN1CCN(c2ccc(N3C[C@@H](C)O[C@@H](C)C3)cc2C2CC(C)(C)CC(C)(C)C2)CC1.Cl. The Balaban J connectivity index is 0.00000342. The van der Waals surface area contributed by atoms with Crippen LogP contribution in [0.25, 0.3) is 0 Å². The van der Waals surface area contributed by atoms with Gasteiger partial charge in [0.25, 0.3) is 0 Å². The normalized spacial score (nSPS) is 27.5. The molecular weight excluding hydrogens is 454 g/mol. The molecule has 0 spiro atoms. The van der Waals surface area contributed by atoms with Crippen LogP contribution >= 0.6 is 12.4 Å². The Morgan fingerprint density at radius 1 is 0.886 bits per heavy atom. The Bertz CT molecular complexity index is 792. The lowest BCUT2D eigenvalue weighted by Gasteiger charge is -2.47. The molecular formula is C30H52ClN3O. The number of halogens is 1. The number of hydrogen-bond acceptors (Lipinski definition) is 4. The number of piperazine rings is 1. The summed E-state index contributed by atoms with van der Waals surface area (Å²) in [5, 5.41) is 0. The van der Waals surface area contributed by atoms with Crippen molar-refractivity contribution in [2.75, 3.05) is 55.6 Å². The standard InChI is InChI=1S/C30H51N3O.ClH/c1-8-9-12-31-13-15-32(16-14-31)28-11-10-26(33-20-23(2)34-24(3)21-33)17-27(28)25-18-29(4,5)22-30(6,7)19-25;/h10-11,17,23-25H,8-9,12-16,18-22H2,1-7H3;1H/t23-,24+;. The van der Waals surface area contributed by atoms with Gasteiger partial charge in [-0.05, 0) is 86.6 Å². The van der Waals surface area contributed by atoms with E-state index in [-0.39, 0.29) is 24.6 Å². The van der Waals surface area contributed by atoms with E-state index in [0.29, 0.717) is 16.7 Å². The highest BCUT2D eigenvalue weighted by molar-refractivity contribution is 5.85. The Labute approximate surface area is 222 Å². The van der Waals surface area contributed by atoms with E-state index in [4.69, 9.17) is 4.74 Å². The highest BCUT2D eigenvalue weighted by Gasteiger charge is 2.40. The van der Waals surface area contributed by atoms with Gasteiger partial charge in [-0.15, -0.1) is 12.4 Å². The molecule has 1 saturated carbocycles. The first kappa shape index (κ1) is 28.6. The van der Waals surface area contributed by atoms with Crippen LogP contribution in [0, 0.1) is 10.8 Å². The Hall–Kier alpha value is -0.970. The second-order valence-corrected chi connectivity index (χ2v) is 13.2. The molecule has 0 bridgehead atoms. The molecule has 1 aromatic carbocycles. The predicted octanol–water partition coefficient (Wildman–Crippen LogP) is 6.96. The maximum absolute atomic E-state index is 6.04. The van der Waals surface area contributed by atoms with E-state index in [2.05, 4.69) is 81.4 Å². The van der Waals surface area contributed by atoms with Crippen LogP contribution in [0.3, 0.4) is 0 Å². The molecule has 2 heterocycles. The van der Waals surface area contributed by atoms with Gasteiger partial charge >= 0.3 is 0 Å². The Morgan fingerprint density at radius 3 is 2.06 bits per heavy atom. The summed E-state index contributed by atoms with van der Waals surface area (Å²) in [7, 11) is 0. The molecule has 1 aromatic rings. The van der Waals surface area contributed by atoms with Crippen molar-refractivity contribution >= 4 is 23.8 Å². The van der Waals surface area contributed by atoms with E-state index in [1.807, 2.05) is 0 Å². The summed E-state index contributed by atoms with van der Waals surface area (Å²) in [6, 6.07) is 7.43. The smallest absolute Gasteiger partial charge is 0.0726 e. The first-order chi connectivity index (χ1) is 16.0. The van der Waals surface area contributed by atoms with Gasteiger partial charge in [0.2, 0.25) is 0 Å². The molecule has 5 heteroatoms. The number of rotatable bonds is 6. The van der Waals surface area contributed by atoms with Gasteiger partial charge in [0.1, 0.15) is 0 Å². The molecule has 4 rings (SSSR count). The summed E-state index contributed by atoms with van der Waals surface area (Å²) in [5.74, 6) is 0.628. The van der Waals surface area contributed by atoms with Gasteiger partial charge in [-0.3, -0.25) is 4.90 Å². The van der Waals surface area contributed by atoms with Crippen LogP contribution in [-0.2, 0) is 4.74 Å². The highest BCUT2D eigenvalue weighted by atomic mass is 35.5. The molecule has 0 aromatic heterocycles. The Kier molecular flexibility index (Phi) is 9.48. The van der Waals surface area contributed by atoms with Gasteiger partial charge in [0.15, 0.2) is 0 Å². The van der Waals surface area contributed by atoms with Gasteiger partial charge in [0, 0.05) is 50.6 Å². The van der Waals surface area contributed by atoms with E-state index in [0.717, 1.165) is 26.2 Å². The van der Waals surface area contributed by atoms with Crippen molar-refractivity contribution < 1.29 is 4.74 Å². The highest BCUT2D eigenvalue weighted by Crippen LogP contribution is 2.53. The molecule has 2 saturated heterocycles. The molecule has 2 aliphatic heterocycles. The summed E-state index contributed by atoms with van der Waals surface area (Å²) in [4.78, 5) is 7.92. The van der Waals surface area contributed by atoms with Crippen LogP contribution < -0.4 is 9.80 Å². The fourth-order valence-electron chi connectivity index (χ4n) is 7.40. The van der Waals surface area contributed by atoms with Crippen molar-refractivity contribution in [3.63, 3.8) is 0 Å². The largest absolute Gasteiger partial charge is 0.372 e. The van der Waals surface area contributed by atoms with Crippen LogP contribution in [-0.4, -0.2) is 62.9 Å². The quantitative estimate of drug-likeness (QED) is 0.415. The zero-order valence-electron chi connectivity index (χ0n) is 23.6. The number of benzene rings is 1. The molecule has 4 nitrogen and oxygen atoms in total. The number of morpholine rings is 1. The number of ether oxygens (including phenoxy) is 1. The number of hydrogen-bond donors (Lipinski definition) is 0. The topological polar surface area (TPSA) is 19.0 Å². The molecule has 1 aliphatic carbocycles. The number of nitrogens with zero attached hydrogens (tertiary/aromatic N) is 3. The lowest BCUT2D eigenvalue weighted by molar-refractivity contribution is -0.00522. The van der Waals surface area contributed by atoms with Crippen LogP contribution in [0.15, 0.2) is 18.2 Å². The van der Waals surface area contributed by atoms with Gasteiger partial charge in [-0.25, -0.2) is 0 Å². The summed E-state index contributed by atoms with van der Waals surface area (Å²) in [5.41, 5.74) is 5.28. The van der Waals surface area contributed by atoms with Crippen LogP contribution in [0.4, 0.5) is 11.4 Å². The molecule has 3 aliphatic rings. The summed E-state index contributed by atoms with van der Waals surface area (Å²) >= 11 is 0. The third kappa shape index (κ3) is 7.29.